The summed E-state index contributed by atoms with van der Waals surface area (Å²) in [6.07, 6.45) is 1.80. The zero-order valence-corrected chi connectivity index (χ0v) is 16.9. The Hall–Kier alpha value is -3.08. The molecule has 0 radical (unpaired) electrons. The van der Waals surface area contributed by atoms with Crippen molar-refractivity contribution in [3.8, 4) is 11.3 Å². The second-order valence-electron chi connectivity index (χ2n) is 7.17. The minimum Gasteiger partial charge on any atom is -0.369 e. The Labute approximate surface area is 166 Å². The molecule has 0 aliphatic rings. The smallest absolute Gasteiger partial charge is 0.251 e. The summed E-state index contributed by atoms with van der Waals surface area (Å²) in [6.45, 7) is 9.33. The van der Waals surface area contributed by atoms with Crippen LogP contribution in [0.2, 0.25) is 0 Å². The van der Waals surface area contributed by atoms with Crippen molar-refractivity contribution in [1.29, 1.82) is 0 Å². The van der Waals surface area contributed by atoms with E-state index in [0.29, 0.717) is 11.6 Å². The number of H-pyrrole nitrogens is 1. The molecule has 1 amide bonds. The van der Waals surface area contributed by atoms with E-state index in [1.54, 1.807) is 6.20 Å². The molecule has 0 aliphatic carbocycles. The number of anilines is 1. The molecule has 1 atom stereocenters. The van der Waals surface area contributed by atoms with E-state index >= 15 is 0 Å². The molecule has 1 unspecified atom stereocenters. The number of hydrogen-bond acceptors (Lipinski definition) is 3. The molecule has 1 heterocycles. The Kier molecular flexibility index (Phi) is 6.14. The summed E-state index contributed by atoms with van der Waals surface area (Å²) in [5, 5.41) is 3.02. The fraction of sp³-hybridized carbons (Fsp3) is 0.304. The molecule has 3 aromatic rings. The van der Waals surface area contributed by atoms with E-state index in [0.717, 1.165) is 29.3 Å². The topological polar surface area (TPSA) is 61.0 Å². The van der Waals surface area contributed by atoms with Gasteiger partial charge in [0.2, 0.25) is 0 Å². The van der Waals surface area contributed by atoms with E-state index in [1.165, 1.54) is 0 Å². The Bertz CT molecular complexity index is 900. The number of carbonyl (C=O) groups excluding carboxylic acids is 1. The van der Waals surface area contributed by atoms with E-state index in [4.69, 9.17) is 0 Å². The van der Waals surface area contributed by atoms with Gasteiger partial charge >= 0.3 is 0 Å². The highest BCUT2D eigenvalue weighted by Crippen LogP contribution is 2.20. The Morgan fingerprint density at radius 2 is 1.75 bits per heavy atom. The number of nitrogens with zero attached hydrogens (tertiary/aromatic N) is 2. The van der Waals surface area contributed by atoms with Crippen molar-refractivity contribution in [3.05, 3.63) is 72.2 Å². The molecule has 0 fully saturated rings. The van der Waals surface area contributed by atoms with Crippen molar-refractivity contribution in [2.45, 2.75) is 39.8 Å². The summed E-state index contributed by atoms with van der Waals surface area (Å²) >= 11 is 0. The SMILES string of the molecule is CCN(c1ccc(C(=O)NC(C)c2ncc(-c3ccccc3)[nH]2)cc1)C(C)C. The number of aromatic nitrogens is 2. The van der Waals surface area contributed by atoms with Gasteiger partial charge in [-0.05, 0) is 57.5 Å². The lowest BCUT2D eigenvalue weighted by molar-refractivity contribution is 0.0938. The molecule has 0 bridgehead atoms. The van der Waals surface area contributed by atoms with E-state index < -0.39 is 0 Å². The summed E-state index contributed by atoms with van der Waals surface area (Å²) in [4.78, 5) is 22.6. The van der Waals surface area contributed by atoms with Crippen LogP contribution in [0.5, 0.6) is 0 Å². The molecule has 2 N–H and O–H groups in total. The van der Waals surface area contributed by atoms with Crippen molar-refractivity contribution in [3.63, 3.8) is 0 Å². The summed E-state index contributed by atoms with van der Waals surface area (Å²) in [6, 6.07) is 18.0. The number of carbonyl (C=O) groups is 1. The number of nitrogens with one attached hydrogen (secondary N) is 2. The largest absolute Gasteiger partial charge is 0.369 e. The molecular formula is C23H28N4O. The summed E-state index contributed by atoms with van der Waals surface area (Å²) in [7, 11) is 0. The summed E-state index contributed by atoms with van der Waals surface area (Å²) in [5.74, 6) is 0.630. The van der Waals surface area contributed by atoms with Crippen LogP contribution in [0.1, 0.15) is 49.9 Å². The monoisotopic (exact) mass is 376 g/mol. The third kappa shape index (κ3) is 4.42. The van der Waals surface area contributed by atoms with Gasteiger partial charge in [0.1, 0.15) is 5.82 Å². The van der Waals surface area contributed by atoms with Crippen LogP contribution in [0.3, 0.4) is 0 Å². The fourth-order valence-corrected chi connectivity index (χ4v) is 3.32. The molecule has 1 aromatic heterocycles. The van der Waals surface area contributed by atoms with Gasteiger partial charge in [-0.1, -0.05) is 30.3 Å². The van der Waals surface area contributed by atoms with Gasteiger partial charge in [0.05, 0.1) is 17.9 Å². The Morgan fingerprint density at radius 1 is 1.07 bits per heavy atom. The predicted octanol–water partition coefficient (Wildman–Crippen LogP) is 4.80. The lowest BCUT2D eigenvalue weighted by Crippen LogP contribution is -2.30. The van der Waals surface area contributed by atoms with E-state index in [2.05, 4.69) is 41.0 Å². The lowest BCUT2D eigenvalue weighted by atomic mass is 10.1. The molecule has 0 spiro atoms. The number of imidazole rings is 1. The number of hydrogen-bond donors (Lipinski definition) is 2. The maximum atomic E-state index is 12.6. The van der Waals surface area contributed by atoms with Crippen LogP contribution in [0.15, 0.2) is 60.8 Å². The second-order valence-corrected chi connectivity index (χ2v) is 7.17. The van der Waals surface area contributed by atoms with Gasteiger partial charge in [0, 0.05) is 23.8 Å². The van der Waals surface area contributed by atoms with Gasteiger partial charge in [0.15, 0.2) is 0 Å². The van der Waals surface area contributed by atoms with Gasteiger partial charge in [-0.25, -0.2) is 4.98 Å². The molecule has 0 saturated carbocycles. The molecule has 5 nitrogen and oxygen atoms in total. The third-order valence-electron chi connectivity index (χ3n) is 4.86. The van der Waals surface area contributed by atoms with Gasteiger partial charge in [-0.3, -0.25) is 4.79 Å². The second kappa shape index (κ2) is 8.74. The molecule has 2 aromatic carbocycles. The molecular weight excluding hydrogens is 348 g/mol. The van der Waals surface area contributed by atoms with Crippen LogP contribution >= 0.6 is 0 Å². The Morgan fingerprint density at radius 3 is 2.36 bits per heavy atom. The maximum absolute atomic E-state index is 12.6. The number of aromatic amines is 1. The van der Waals surface area contributed by atoms with Crippen molar-refractivity contribution in [2.75, 3.05) is 11.4 Å². The van der Waals surface area contributed by atoms with Crippen LogP contribution in [-0.4, -0.2) is 28.5 Å². The summed E-state index contributed by atoms with van der Waals surface area (Å²) in [5.41, 5.74) is 3.78. The zero-order chi connectivity index (χ0) is 20.1. The lowest BCUT2D eigenvalue weighted by Gasteiger charge is -2.27. The van der Waals surface area contributed by atoms with Crippen LogP contribution in [0, 0.1) is 0 Å². The number of amides is 1. The first-order valence-corrected chi connectivity index (χ1v) is 9.77. The van der Waals surface area contributed by atoms with Crippen molar-refractivity contribution in [1.82, 2.24) is 15.3 Å². The molecule has 146 valence electrons. The predicted molar refractivity (Wildman–Crippen MR) is 115 cm³/mol. The van der Waals surface area contributed by atoms with Crippen molar-refractivity contribution >= 4 is 11.6 Å². The molecule has 0 saturated heterocycles. The standard InChI is InChI=1S/C23H28N4O/c1-5-27(16(2)3)20-13-11-19(12-14-20)23(28)25-17(4)22-24-15-21(26-22)18-9-7-6-8-10-18/h6-17H,5H2,1-4H3,(H,24,26)(H,25,28). The molecule has 28 heavy (non-hydrogen) atoms. The zero-order valence-electron chi connectivity index (χ0n) is 16.9. The quantitative estimate of drug-likeness (QED) is 0.622. The van der Waals surface area contributed by atoms with E-state index in [9.17, 15) is 4.79 Å². The maximum Gasteiger partial charge on any atom is 0.251 e. The average Bonchev–Trinajstić information content (AvgIpc) is 3.20. The Balaban J connectivity index is 1.67. The van der Waals surface area contributed by atoms with Crippen LogP contribution in [-0.2, 0) is 0 Å². The first kappa shape index (κ1) is 19.7. The van der Waals surface area contributed by atoms with Crippen molar-refractivity contribution in [2.24, 2.45) is 0 Å². The third-order valence-corrected chi connectivity index (χ3v) is 4.86. The van der Waals surface area contributed by atoms with Gasteiger partial charge < -0.3 is 15.2 Å². The minimum atomic E-state index is -0.215. The van der Waals surface area contributed by atoms with Crippen LogP contribution in [0.4, 0.5) is 5.69 Å². The van der Waals surface area contributed by atoms with Gasteiger partial charge in [-0.15, -0.1) is 0 Å². The van der Waals surface area contributed by atoms with E-state index in [-0.39, 0.29) is 11.9 Å². The average molecular weight is 377 g/mol. The molecule has 3 rings (SSSR count). The minimum absolute atomic E-state index is 0.107. The first-order valence-electron chi connectivity index (χ1n) is 9.77. The first-order chi connectivity index (χ1) is 13.5. The molecule has 5 heteroatoms. The summed E-state index contributed by atoms with van der Waals surface area (Å²) < 4.78 is 0. The van der Waals surface area contributed by atoms with E-state index in [1.807, 2.05) is 61.5 Å². The van der Waals surface area contributed by atoms with Crippen LogP contribution in [0.25, 0.3) is 11.3 Å². The number of benzene rings is 2. The normalized spacial score (nSPS) is 12.0. The fourth-order valence-electron chi connectivity index (χ4n) is 3.32. The van der Waals surface area contributed by atoms with Crippen molar-refractivity contribution < 1.29 is 4.79 Å². The highest BCUT2D eigenvalue weighted by atomic mass is 16.1. The van der Waals surface area contributed by atoms with Gasteiger partial charge in [-0.2, -0.15) is 0 Å². The highest BCUT2D eigenvalue weighted by Gasteiger charge is 2.15. The highest BCUT2D eigenvalue weighted by molar-refractivity contribution is 5.94. The van der Waals surface area contributed by atoms with Crippen LogP contribution < -0.4 is 10.2 Å². The number of rotatable bonds is 7. The molecule has 0 aliphatic heterocycles. The van der Waals surface area contributed by atoms with Gasteiger partial charge in [0.25, 0.3) is 5.91 Å².